The molecule has 2 aliphatic heterocycles. The van der Waals surface area contributed by atoms with Crippen LogP contribution in [0.2, 0.25) is 0 Å². The number of methoxy groups -OCH3 is 1. The molecular formula is C30H40O14. The molecule has 44 heavy (non-hydrogen) atoms. The number of esters is 3. The van der Waals surface area contributed by atoms with Crippen molar-refractivity contribution in [3.05, 3.63) is 35.8 Å². The lowest BCUT2D eigenvalue weighted by molar-refractivity contribution is -0.330. The number of carbonyl (C=O) groups excluding carboxylic acids is 3. The van der Waals surface area contributed by atoms with Crippen molar-refractivity contribution in [2.75, 3.05) is 13.7 Å². The number of rotatable bonds is 7. The summed E-state index contributed by atoms with van der Waals surface area (Å²) in [5.41, 5.74) is -1.21. The lowest BCUT2D eigenvalue weighted by Crippen LogP contribution is -2.65. The summed E-state index contributed by atoms with van der Waals surface area (Å²) in [7, 11) is 1.21. The molecule has 2 saturated heterocycles. The number of aliphatic hydroxyl groups excluding tert-OH is 5. The van der Waals surface area contributed by atoms with Crippen LogP contribution in [0.1, 0.15) is 51.7 Å². The van der Waals surface area contributed by atoms with Gasteiger partial charge in [0.1, 0.15) is 43.2 Å². The Bertz CT molecular complexity index is 1260. The van der Waals surface area contributed by atoms with Gasteiger partial charge in [-0.2, -0.15) is 0 Å². The van der Waals surface area contributed by atoms with E-state index in [4.69, 9.17) is 28.1 Å². The van der Waals surface area contributed by atoms with Crippen molar-refractivity contribution in [3.8, 4) is 0 Å². The molecule has 3 heterocycles. The van der Waals surface area contributed by atoms with Gasteiger partial charge in [-0.3, -0.25) is 4.79 Å². The predicted molar refractivity (Wildman–Crippen MR) is 145 cm³/mol. The van der Waals surface area contributed by atoms with E-state index in [9.17, 15) is 39.9 Å². The Balaban J connectivity index is 1.50. The lowest BCUT2D eigenvalue weighted by Gasteiger charge is -2.62. The molecule has 4 aliphatic rings. The smallest absolute Gasteiger partial charge is 0.334 e. The first-order chi connectivity index (χ1) is 20.7. The SMILES string of the molecule is COC(=O)C1=C[C@H](O)C[C@@H]2[C@]3(C)C[C@@H](c4ccoc4)OC(=O)[C@H]3C[C@H](O[C@@H]3O[C@H](COC(=O)C(C)O)[C@@H](O)[C@H](O)[C@H]3O)[C@@]12C. The summed E-state index contributed by atoms with van der Waals surface area (Å²) >= 11 is 0. The topological polar surface area (TPSA) is 212 Å². The summed E-state index contributed by atoms with van der Waals surface area (Å²) in [6.07, 6.45) is -7.36. The van der Waals surface area contributed by atoms with Crippen molar-refractivity contribution >= 4 is 17.9 Å². The average molecular weight is 625 g/mol. The molecule has 1 saturated carbocycles. The highest BCUT2D eigenvalue weighted by molar-refractivity contribution is 5.91. The minimum absolute atomic E-state index is 0.0117. The van der Waals surface area contributed by atoms with Gasteiger partial charge in [-0.1, -0.05) is 13.8 Å². The van der Waals surface area contributed by atoms with Crippen molar-refractivity contribution in [1.29, 1.82) is 0 Å². The molecule has 5 N–H and O–H groups in total. The zero-order chi connectivity index (χ0) is 32.1. The molecule has 0 aromatic carbocycles. The molecule has 14 heteroatoms. The number of furan rings is 1. The highest BCUT2D eigenvalue weighted by Gasteiger charge is 2.67. The maximum Gasteiger partial charge on any atom is 0.334 e. The van der Waals surface area contributed by atoms with Gasteiger partial charge in [0.25, 0.3) is 0 Å². The maximum atomic E-state index is 13.6. The van der Waals surface area contributed by atoms with E-state index in [-0.39, 0.29) is 18.4 Å². The normalized spacial score (nSPS) is 42.7. The second kappa shape index (κ2) is 12.2. The number of aliphatic hydroxyl groups is 5. The molecule has 1 aromatic heterocycles. The second-order valence-corrected chi connectivity index (χ2v) is 12.6. The van der Waals surface area contributed by atoms with Gasteiger partial charge in [-0.15, -0.1) is 0 Å². The molecule has 1 aromatic rings. The molecule has 5 rings (SSSR count). The van der Waals surface area contributed by atoms with E-state index in [0.717, 1.165) is 0 Å². The number of cyclic esters (lactones) is 1. The van der Waals surface area contributed by atoms with E-state index in [1.807, 2.05) is 6.92 Å². The van der Waals surface area contributed by atoms with Gasteiger partial charge in [0, 0.05) is 16.6 Å². The van der Waals surface area contributed by atoms with Crippen LogP contribution in [0.15, 0.2) is 34.7 Å². The molecule has 14 nitrogen and oxygen atoms in total. The highest BCUT2D eigenvalue weighted by Crippen LogP contribution is 2.65. The first kappa shape index (κ1) is 32.5. The quantitative estimate of drug-likeness (QED) is 0.198. The minimum Gasteiger partial charge on any atom is -0.472 e. The number of hydrogen-bond acceptors (Lipinski definition) is 14. The fourth-order valence-corrected chi connectivity index (χ4v) is 7.60. The van der Waals surface area contributed by atoms with E-state index in [0.29, 0.717) is 12.0 Å². The van der Waals surface area contributed by atoms with E-state index >= 15 is 0 Å². The van der Waals surface area contributed by atoms with Crippen LogP contribution < -0.4 is 0 Å². The van der Waals surface area contributed by atoms with Crippen LogP contribution in [0.3, 0.4) is 0 Å². The van der Waals surface area contributed by atoms with Crippen molar-refractivity contribution in [3.63, 3.8) is 0 Å². The Morgan fingerprint density at radius 2 is 1.84 bits per heavy atom. The third-order valence-corrected chi connectivity index (χ3v) is 10.0. The number of carbonyl (C=O) groups is 3. The number of ether oxygens (including phenoxy) is 5. The summed E-state index contributed by atoms with van der Waals surface area (Å²) in [6.45, 7) is 4.32. The zero-order valence-electron chi connectivity index (χ0n) is 24.9. The third kappa shape index (κ3) is 5.46. The summed E-state index contributed by atoms with van der Waals surface area (Å²) in [5.74, 6) is -3.50. The third-order valence-electron chi connectivity index (χ3n) is 10.0. The van der Waals surface area contributed by atoms with Crippen LogP contribution in [0.4, 0.5) is 0 Å². The van der Waals surface area contributed by atoms with E-state index in [1.54, 1.807) is 13.0 Å². The molecule has 3 fully saturated rings. The summed E-state index contributed by atoms with van der Waals surface area (Å²) in [4.78, 5) is 38.7. The Hall–Kier alpha value is -2.85. The van der Waals surface area contributed by atoms with Crippen molar-refractivity contribution in [1.82, 2.24) is 0 Å². The number of hydrogen-bond donors (Lipinski definition) is 5. The molecule has 0 radical (unpaired) electrons. The van der Waals surface area contributed by atoms with Gasteiger partial charge >= 0.3 is 17.9 Å². The fraction of sp³-hybridized carbons (Fsp3) is 0.700. The predicted octanol–water partition coefficient (Wildman–Crippen LogP) is -0.103. The van der Waals surface area contributed by atoms with Crippen LogP contribution in [0.25, 0.3) is 0 Å². The molecule has 1 unspecified atom stereocenters. The van der Waals surface area contributed by atoms with Gasteiger partial charge in [0.05, 0.1) is 37.8 Å². The molecule has 244 valence electrons. The summed E-state index contributed by atoms with van der Waals surface area (Å²) in [6, 6.07) is 1.71. The van der Waals surface area contributed by atoms with Crippen LogP contribution in [0, 0.1) is 22.7 Å². The Morgan fingerprint density at radius 3 is 2.48 bits per heavy atom. The van der Waals surface area contributed by atoms with Crippen LogP contribution in [0.5, 0.6) is 0 Å². The molecule has 0 bridgehead atoms. The summed E-state index contributed by atoms with van der Waals surface area (Å²) in [5, 5.41) is 52.4. The summed E-state index contributed by atoms with van der Waals surface area (Å²) < 4.78 is 33.2. The van der Waals surface area contributed by atoms with Gasteiger partial charge in [-0.25, -0.2) is 9.59 Å². The zero-order valence-corrected chi connectivity index (χ0v) is 24.9. The van der Waals surface area contributed by atoms with Crippen LogP contribution >= 0.6 is 0 Å². The monoisotopic (exact) mass is 624 g/mol. The lowest BCUT2D eigenvalue weighted by atomic mass is 9.44. The minimum atomic E-state index is -1.78. The van der Waals surface area contributed by atoms with E-state index < -0.39 is 102 Å². The first-order valence-corrected chi connectivity index (χ1v) is 14.6. The fourth-order valence-electron chi connectivity index (χ4n) is 7.60. The van der Waals surface area contributed by atoms with Gasteiger partial charge in [0.15, 0.2) is 6.29 Å². The van der Waals surface area contributed by atoms with E-state index in [1.165, 1.54) is 32.6 Å². The second-order valence-electron chi connectivity index (χ2n) is 12.6. The standard InChI is InChI=1S/C30H40O14/c1-13(31)25(36)41-12-19-22(33)23(34)24(35)28(43-19)44-21-9-16-27(38)42-18(14-5-6-40-11-14)10-29(16,2)20-8-15(32)7-17(26(37)39-4)30(20,21)3/h5-7,11,13,15-16,18-24,28,31-35H,8-10,12H2,1-4H3/t13?,15-,16+,18-,19+,20+,21-,22+,23-,24+,28-,29+,30-/m0/s1. The largest absolute Gasteiger partial charge is 0.472 e. The molecular weight excluding hydrogens is 584 g/mol. The highest BCUT2D eigenvalue weighted by atomic mass is 16.7. The maximum absolute atomic E-state index is 13.6. The van der Waals surface area contributed by atoms with Crippen LogP contribution in [-0.2, 0) is 38.1 Å². The number of fused-ring (bicyclic) bond motifs is 3. The Morgan fingerprint density at radius 1 is 1.11 bits per heavy atom. The Kier molecular flexibility index (Phi) is 8.99. The molecule has 13 atom stereocenters. The van der Waals surface area contributed by atoms with Gasteiger partial charge in [-0.05, 0) is 49.7 Å². The van der Waals surface area contributed by atoms with Crippen molar-refractivity contribution in [2.24, 2.45) is 22.7 Å². The van der Waals surface area contributed by atoms with E-state index in [2.05, 4.69) is 0 Å². The van der Waals surface area contributed by atoms with Crippen molar-refractivity contribution < 1.29 is 68.0 Å². The van der Waals surface area contributed by atoms with Gasteiger partial charge in [0.2, 0.25) is 0 Å². The molecule has 0 spiro atoms. The van der Waals surface area contributed by atoms with Crippen LogP contribution in [-0.4, -0.2) is 106 Å². The average Bonchev–Trinajstić information content (AvgIpc) is 3.52. The first-order valence-electron chi connectivity index (χ1n) is 14.6. The Labute approximate surface area is 253 Å². The molecule has 2 aliphatic carbocycles. The molecule has 0 amide bonds. The van der Waals surface area contributed by atoms with Crippen molar-refractivity contribution in [2.45, 2.75) is 95.2 Å². The van der Waals surface area contributed by atoms with Gasteiger partial charge < -0.3 is 53.6 Å².